The number of benzene rings is 4. The lowest BCUT2D eigenvalue weighted by Crippen LogP contribution is -2.21. The quantitative estimate of drug-likeness (QED) is 0.105. The number of hydrogen-bond acceptors (Lipinski definition) is 10. The number of hydrogen-bond donors (Lipinski definition) is 1. The smallest absolute Gasteiger partial charge is 0.352 e. The van der Waals surface area contributed by atoms with Crippen molar-refractivity contribution in [3.63, 3.8) is 0 Å². The van der Waals surface area contributed by atoms with Gasteiger partial charge in [-0.2, -0.15) is 0 Å². The first-order valence-electron chi connectivity index (χ1n) is 19.3. The zero-order valence-corrected chi connectivity index (χ0v) is 36.4. The molecule has 0 aliphatic carbocycles. The molecule has 2 atom stereocenters. The third-order valence-electron chi connectivity index (χ3n) is 6.59. The van der Waals surface area contributed by atoms with Gasteiger partial charge in [0.15, 0.2) is 5.76 Å². The van der Waals surface area contributed by atoms with Gasteiger partial charge in [0, 0.05) is 11.6 Å². The number of phenolic OH excluding ortho intramolecular Hbond substituents is 1. The molecule has 57 heavy (non-hydrogen) atoms. The van der Waals surface area contributed by atoms with Crippen LogP contribution in [0.15, 0.2) is 143 Å². The molecule has 2 unspecified atom stereocenters. The maximum Gasteiger partial charge on any atom is 0.352 e. The largest absolute Gasteiger partial charge is 0.507 e. The lowest BCUT2D eigenvalue weighted by molar-refractivity contribution is -0.151. The van der Waals surface area contributed by atoms with Crippen molar-refractivity contribution in [3.05, 3.63) is 145 Å². The Balaban J connectivity index is 0.000000809. The molecule has 6 aromatic rings. The maximum atomic E-state index is 12.4. The van der Waals surface area contributed by atoms with Crippen LogP contribution in [0, 0.1) is 0 Å². The molecule has 0 aliphatic heterocycles. The Kier molecular flexibility index (Phi) is 29.3. The number of halogens is 1. The zero-order chi connectivity index (χ0) is 42.8. The summed E-state index contributed by atoms with van der Waals surface area (Å²) in [5.41, 5.74) is 2.98. The number of carbonyl (C=O) groups is 2. The van der Waals surface area contributed by atoms with Gasteiger partial charge in [0.25, 0.3) is 0 Å². The lowest BCUT2D eigenvalue weighted by Gasteiger charge is -2.19. The Bertz CT molecular complexity index is 1840. The summed E-state index contributed by atoms with van der Waals surface area (Å²) in [4.78, 5) is 27.2. The number of ether oxygens (including phenoxy) is 3. The van der Waals surface area contributed by atoms with E-state index in [1.165, 1.54) is 6.26 Å². The average Bonchev–Trinajstić information content (AvgIpc) is 4.03. The van der Waals surface area contributed by atoms with E-state index >= 15 is 0 Å². The van der Waals surface area contributed by atoms with Gasteiger partial charge in [-0.05, 0) is 43.7 Å². The summed E-state index contributed by atoms with van der Waals surface area (Å²) in [6.45, 7) is 20.3. The van der Waals surface area contributed by atoms with E-state index in [1.54, 1.807) is 56.6 Å². The molecule has 2 aromatic heterocycles. The average molecular weight is 848 g/mol. The minimum atomic E-state index is -0.852. The second kappa shape index (κ2) is 32.6. The molecular formula is C46H59BrN2O8. The molecule has 4 aromatic carbocycles. The van der Waals surface area contributed by atoms with Crippen molar-refractivity contribution in [2.24, 2.45) is 0 Å². The highest BCUT2D eigenvalue weighted by molar-refractivity contribution is 9.09. The fourth-order valence-corrected chi connectivity index (χ4v) is 4.77. The first-order chi connectivity index (χ1) is 27.9. The van der Waals surface area contributed by atoms with Gasteiger partial charge in [-0.15, -0.1) is 0 Å². The normalized spacial score (nSPS) is 10.2. The van der Waals surface area contributed by atoms with E-state index in [4.69, 9.17) is 23.2 Å². The zero-order valence-electron chi connectivity index (χ0n) is 34.8. The molecule has 308 valence electrons. The molecule has 0 fully saturated rings. The molecule has 11 heteroatoms. The monoisotopic (exact) mass is 846 g/mol. The van der Waals surface area contributed by atoms with E-state index in [-0.39, 0.29) is 23.2 Å². The van der Waals surface area contributed by atoms with Crippen molar-refractivity contribution < 1.29 is 37.8 Å². The molecule has 0 spiro atoms. The van der Waals surface area contributed by atoms with Gasteiger partial charge in [-0.1, -0.05) is 161 Å². The number of esters is 2. The van der Waals surface area contributed by atoms with Crippen LogP contribution in [-0.4, -0.2) is 40.4 Å². The SMILES string of the molecule is CC.CC.CC.CC.CCOC(=O)C(Br)c1ccccc1.CCOC(=O)C(Oc1ccccc1-c1ccno1)c1ccccc1.Oc1ccccc1-c1ncco1. The Morgan fingerprint density at radius 3 is 1.67 bits per heavy atom. The first-order valence-corrected chi connectivity index (χ1v) is 20.3. The van der Waals surface area contributed by atoms with Gasteiger partial charge < -0.3 is 28.3 Å². The summed E-state index contributed by atoms with van der Waals surface area (Å²) < 4.78 is 26.3. The number of aromatic nitrogens is 2. The van der Waals surface area contributed by atoms with Gasteiger partial charge >= 0.3 is 11.9 Å². The second-order valence-corrected chi connectivity index (χ2v) is 10.8. The molecule has 2 heterocycles. The Morgan fingerprint density at radius 2 is 1.16 bits per heavy atom. The number of aromatic hydroxyl groups is 1. The number of nitrogens with zero attached hydrogens (tertiary/aromatic N) is 2. The second-order valence-electron chi connectivity index (χ2n) is 9.91. The summed E-state index contributed by atoms with van der Waals surface area (Å²) in [5, 5.41) is 13.1. The number of para-hydroxylation sites is 2. The molecule has 0 saturated carbocycles. The van der Waals surface area contributed by atoms with Crippen LogP contribution in [0.1, 0.15) is 91.3 Å². The van der Waals surface area contributed by atoms with Gasteiger partial charge in [0.2, 0.25) is 12.0 Å². The predicted octanol–water partition coefficient (Wildman–Crippen LogP) is 12.9. The number of oxazole rings is 1. The van der Waals surface area contributed by atoms with Crippen LogP contribution < -0.4 is 4.74 Å². The van der Waals surface area contributed by atoms with Crippen LogP contribution in [0.2, 0.25) is 0 Å². The van der Waals surface area contributed by atoms with Crippen molar-refractivity contribution in [2.45, 2.75) is 80.2 Å². The first kappa shape index (κ1) is 51.3. The Hall–Kier alpha value is -5.68. The number of phenols is 1. The molecule has 0 radical (unpaired) electrons. The molecule has 0 bridgehead atoms. The van der Waals surface area contributed by atoms with Crippen LogP contribution in [0.5, 0.6) is 11.5 Å². The number of rotatable bonds is 10. The van der Waals surface area contributed by atoms with Crippen LogP contribution >= 0.6 is 15.9 Å². The summed E-state index contributed by atoms with van der Waals surface area (Å²) >= 11 is 3.28. The van der Waals surface area contributed by atoms with Crippen LogP contribution in [0.3, 0.4) is 0 Å². The minimum absolute atomic E-state index is 0.181. The van der Waals surface area contributed by atoms with Gasteiger partial charge in [-0.25, -0.2) is 9.78 Å². The fourth-order valence-electron chi connectivity index (χ4n) is 4.34. The highest BCUT2D eigenvalue weighted by Gasteiger charge is 2.25. The maximum absolute atomic E-state index is 12.4. The minimum Gasteiger partial charge on any atom is -0.507 e. The highest BCUT2D eigenvalue weighted by atomic mass is 79.9. The van der Waals surface area contributed by atoms with Gasteiger partial charge in [0.05, 0.1) is 36.7 Å². The molecule has 6 rings (SSSR count). The van der Waals surface area contributed by atoms with E-state index in [0.717, 1.165) is 16.7 Å². The standard InChI is InChI=1S/C19H17NO4.C10H11BrO2.C9H7NO2.4C2H6/c1-2-22-19(21)18(14-8-4-3-5-9-14)23-16-11-7-6-10-15(16)17-12-13-20-24-17;1-2-13-10(12)9(11)8-6-4-3-5-7-8;11-8-4-2-1-3-7(8)9-10-5-6-12-9;4*1-2/h3-13,18H,2H2,1H3;3-7,9H,2H2,1H3;1-6,11H;4*1-2H3. The third kappa shape index (κ3) is 18.2. The predicted molar refractivity (Wildman–Crippen MR) is 232 cm³/mol. The molecule has 10 nitrogen and oxygen atoms in total. The topological polar surface area (TPSA) is 134 Å². The van der Waals surface area contributed by atoms with Crippen LogP contribution in [0.4, 0.5) is 0 Å². The van der Waals surface area contributed by atoms with Crippen molar-refractivity contribution in [1.82, 2.24) is 10.1 Å². The summed E-state index contributed by atoms with van der Waals surface area (Å²) in [5.74, 6) is 1.04. The molecule has 0 saturated heterocycles. The van der Waals surface area contributed by atoms with Gasteiger partial charge in [0.1, 0.15) is 22.6 Å². The summed E-state index contributed by atoms with van der Waals surface area (Å²) in [6, 6.07) is 34.7. The molecule has 1 N–H and O–H groups in total. The van der Waals surface area contributed by atoms with Gasteiger partial charge in [-0.3, -0.25) is 4.79 Å². The van der Waals surface area contributed by atoms with E-state index < -0.39 is 12.1 Å². The number of carbonyl (C=O) groups excluding carboxylic acids is 2. The van der Waals surface area contributed by atoms with Crippen molar-refractivity contribution >= 4 is 27.9 Å². The Labute approximate surface area is 347 Å². The third-order valence-corrected chi connectivity index (χ3v) is 7.49. The van der Waals surface area contributed by atoms with Crippen molar-refractivity contribution in [1.29, 1.82) is 0 Å². The van der Waals surface area contributed by atoms with E-state index in [9.17, 15) is 14.7 Å². The molecular weight excluding hydrogens is 788 g/mol. The summed E-state index contributed by atoms with van der Waals surface area (Å²) in [6.07, 6.45) is 3.73. The van der Waals surface area contributed by atoms with Crippen molar-refractivity contribution in [2.75, 3.05) is 13.2 Å². The van der Waals surface area contributed by atoms with E-state index in [1.807, 2.05) is 140 Å². The Morgan fingerprint density at radius 1 is 0.649 bits per heavy atom. The number of alkyl halides is 1. The fraction of sp³-hybridized carbons (Fsp3) is 0.304. The molecule has 0 amide bonds. The highest BCUT2D eigenvalue weighted by Crippen LogP contribution is 2.33. The summed E-state index contributed by atoms with van der Waals surface area (Å²) in [7, 11) is 0. The lowest BCUT2D eigenvalue weighted by atomic mass is 10.1. The molecule has 0 aliphatic rings. The van der Waals surface area contributed by atoms with Crippen molar-refractivity contribution in [3.8, 4) is 34.3 Å². The van der Waals surface area contributed by atoms with Crippen LogP contribution in [0.25, 0.3) is 22.8 Å². The van der Waals surface area contributed by atoms with E-state index in [2.05, 4.69) is 26.1 Å². The van der Waals surface area contributed by atoms with E-state index in [0.29, 0.717) is 29.6 Å². The van der Waals surface area contributed by atoms with Crippen LogP contribution in [-0.2, 0) is 19.1 Å².